The second kappa shape index (κ2) is 4.55. The molecule has 1 unspecified atom stereocenters. The number of carboxylic acids is 1. The van der Waals surface area contributed by atoms with Crippen LogP contribution in [0.1, 0.15) is 5.56 Å². The Morgan fingerprint density at radius 2 is 2.35 bits per heavy atom. The van der Waals surface area contributed by atoms with Crippen LogP contribution in [0, 0.1) is 5.82 Å². The lowest BCUT2D eigenvalue weighted by Gasteiger charge is -2.10. The van der Waals surface area contributed by atoms with Gasteiger partial charge in [-0.05, 0) is 24.7 Å². The number of H-pyrrole nitrogens is 1. The summed E-state index contributed by atoms with van der Waals surface area (Å²) in [6.45, 7) is 0. The van der Waals surface area contributed by atoms with Crippen molar-refractivity contribution < 1.29 is 14.3 Å². The molecule has 0 aliphatic rings. The lowest BCUT2D eigenvalue weighted by Crippen LogP contribution is -2.35. The molecule has 0 aliphatic carbocycles. The summed E-state index contributed by atoms with van der Waals surface area (Å²) in [5.41, 5.74) is 1.35. The lowest BCUT2D eigenvalue weighted by atomic mass is 10.0. The van der Waals surface area contributed by atoms with Gasteiger partial charge in [0.2, 0.25) is 0 Å². The number of halogens is 1. The molecule has 2 rings (SSSR count). The number of aromatic nitrogens is 1. The van der Waals surface area contributed by atoms with Gasteiger partial charge in [-0.2, -0.15) is 0 Å². The van der Waals surface area contributed by atoms with Crippen LogP contribution < -0.4 is 5.32 Å². The van der Waals surface area contributed by atoms with Crippen LogP contribution in [0.2, 0.25) is 0 Å². The highest BCUT2D eigenvalue weighted by molar-refractivity contribution is 5.85. The first-order valence-electron chi connectivity index (χ1n) is 5.28. The van der Waals surface area contributed by atoms with Gasteiger partial charge >= 0.3 is 5.97 Å². The molecule has 1 aromatic heterocycles. The van der Waals surface area contributed by atoms with E-state index in [1.807, 2.05) is 0 Å². The van der Waals surface area contributed by atoms with Crippen molar-refractivity contribution in [2.45, 2.75) is 12.5 Å². The number of aliphatic carboxylic acids is 1. The number of rotatable bonds is 4. The Balaban J connectivity index is 2.39. The maximum atomic E-state index is 13.6. The zero-order valence-corrected chi connectivity index (χ0v) is 9.33. The molecule has 1 atom stereocenters. The molecule has 2 aromatic rings. The highest BCUT2D eigenvalue weighted by Crippen LogP contribution is 2.22. The molecule has 0 radical (unpaired) electrons. The summed E-state index contributed by atoms with van der Waals surface area (Å²) < 4.78 is 13.6. The summed E-state index contributed by atoms with van der Waals surface area (Å²) in [6.07, 6.45) is 1.90. The summed E-state index contributed by atoms with van der Waals surface area (Å²) in [6, 6.07) is 4.03. The molecule has 90 valence electrons. The van der Waals surface area contributed by atoms with Crippen LogP contribution >= 0.6 is 0 Å². The fourth-order valence-electron chi connectivity index (χ4n) is 1.90. The zero-order chi connectivity index (χ0) is 12.4. The zero-order valence-electron chi connectivity index (χ0n) is 9.33. The van der Waals surface area contributed by atoms with Gasteiger partial charge in [0.25, 0.3) is 0 Å². The summed E-state index contributed by atoms with van der Waals surface area (Å²) in [5.74, 6) is -1.28. The molecule has 0 fully saturated rings. The summed E-state index contributed by atoms with van der Waals surface area (Å²) >= 11 is 0. The van der Waals surface area contributed by atoms with Crippen molar-refractivity contribution >= 4 is 16.9 Å². The minimum Gasteiger partial charge on any atom is -0.480 e. The quantitative estimate of drug-likeness (QED) is 0.754. The van der Waals surface area contributed by atoms with Gasteiger partial charge in [0.1, 0.15) is 11.9 Å². The maximum Gasteiger partial charge on any atom is 0.321 e. The van der Waals surface area contributed by atoms with Crippen molar-refractivity contribution in [3.8, 4) is 0 Å². The van der Waals surface area contributed by atoms with E-state index in [1.54, 1.807) is 25.4 Å². The molecule has 0 spiro atoms. The van der Waals surface area contributed by atoms with Crippen molar-refractivity contribution in [3.05, 3.63) is 35.8 Å². The number of hydrogen-bond acceptors (Lipinski definition) is 2. The van der Waals surface area contributed by atoms with Crippen molar-refractivity contribution in [3.63, 3.8) is 0 Å². The number of nitrogens with one attached hydrogen (secondary N) is 2. The van der Waals surface area contributed by atoms with E-state index in [0.29, 0.717) is 16.5 Å². The van der Waals surface area contributed by atoms with Crippen LogP contribution in [0.15, 0.2) is 24.4 Å². The first-order chi connectivity index (χ1) is 8.13. The van der Waals surface area contributed by atoms with E-state index < -0.39 is 12.0 Å². The monoisotopic (exact) mass is 236 g/mol. The topological polar surface area (TPSA) is 65.1 Å². The van der Waals surface area contributed by atoms with Crippen molar-refractivity contribution in [2.75, 3.05) is 7.05 Å². The van der Waals surface area contributed by atoms with E-state index in [0.717, 1.165) is 0 Å². The average molecular weight is 236 g/mol. The third-order valence-electron chi connectivity index (χ3n) is 2.81. The first kappa shape index (κ1) is 11.6. The number of benzene rings is 1. The molecule has 0 aliphatic heterocycles. The van der Waals surface area contributed by atoms with Crippen LogP contribution in [0.25, 0.3) is 10.9 Å². The second-order valence-electron chi connectivity index (χ2n) is 3.86. The number of likely N-dealkylation sites (N-methyl/N-ethyl adjacent to an activating group) is 1. The molecule has 0 bridgehead atoms. The molecular weight excluding hydrogens is 223 g/mol. The molecule has 5 heteroatoms. The number of aromatic amines is 1. The minimum absolute atomic E-state index is 0.243. The Hall–Kier alpha value is -1.88. The van der Waals surface area contributed by atoms with Crippen LogP contribution in [0.4, 0.5) is 4.39 Å². The van der Waals surface area contributed by atoms with Gasteiger partial charge in [-0.15, -0.1) is 0 Å². The second-order valence-corrected chi connectivity index (χ2v) is 3.86. The molecule has 0 saturated heterocycles. The van der Waals surface area contributed by atoms with Crippen molar-refractivity contribution in [1.82, 2.24) is 10.3 Å². The van der Waals surface area contributed by atoms with E-state index >= 15 is 0 Å². The van der Waals surface area contributed by atoms with Gasteiger partial charge < -0.3 is 15.4 Å². The van der Waals surface area contributed by atoms with Gasteiger partial charge in [0.15, 0.2) is 0 Å². The van der Waals surface area contributed by atoms with E-state index in [9.17, 15) is 9.18 Å². The van der Waals surface area contributed by atoms with E-state index in [4.69, 9.17) is 5.11 Å². The van der Waals surface area contributed by atoms with Crippen LogP contribution in [-0.4, -0.2) is 29.1 Å². The van der Waals surface area contributed by atoms with Gasteiger partial charge in [0, 0.05) is 23.5 Å². The Bertz CT molecular complexity index is 550. The Kier molecular flexibility index (Phi) is 3.10. The average Bonchev–Trinajstić information content (AvgIpc) is 2.70. The summed E-state index contributed by atoms with van der Waals surface area (Å²) in [4.78, 5) is 13.8. The summed E-state index contributed by atoms with van der Waals surface area (Å²) in [7, 11) is 1.57. The number of carboxylic acid groups (broad SMARTS) is 1. The first-order valence-corrected chi connectivity index (χ1v) is 5.28. The Labute approximate surface area is 97.5 Å². The third kappa shape index (κ3) is 2.14. The smallest absolute Gasteiger partial charge is 0.321 e. The Morgan fingerprint density at radius 1 is 1.59 bits per heavy atom. The van der Waals surface area contributed by atoms with Gasteiger partial charge in [-0.1, -0.05) is 6.07 Å². The highest BCUT2D eigenvalue weighted by Gasteiger charge is 2.18. The predicted octanol–water partition coefficient (Wildman–Crippen LogP) is 1.52. The predicted molar refractivity (Wildman–Crippen MR) is 62.4 cm³/mol. The fraction of sp³-hybridized carbons (Fsp3) is 0.250. The molecular formula is C12H13FN2O2. The van der Waals surface area contributed by atoms with Crippen LogP contribution in [0.3, 0.4) is 0 Å². The summed E-state index contributed by atoms with van der Waals surface area (Å²) in [5, 5.41) is 12.1. The standard InChI is InChI=1S/C12H13FN2O2/c1-14-10(12(16)17)5-7-6-15-9-4-2-3-8(13)11(7)9/h2-4,6,10,14-15H,5H2,1H3,(H,16,17). The lowest BCUT2D eigenvalue weighted by molar-refractivity contribution is -0.139. The largest absolute Gasteiger partial charge is 0.480 e. The molecule has 0 saturated carbocycles. The Morgan fingerprint density at radius 3 is 3.00 bits per heavy atom. The normalized spacial score (nSPS) is 12.8. The minimum atomic E-state index is -0.946. The van der Waals surface area contributed by atoms with Gasteiger partial charge in [-0.3, -0.25) is 4.79 Å². The molecule has 1 heterocycles. The molecule has 17 heavy (non-hydrogen) atoms. The number of carbonyl (C=O) groups is 1. The molecule has 3 N–H and O–H groups in total. The fourth-order valence-corrected chi connectivity index (χ4v) is 1.90. The third-order valence-corrected chi connectivity index (χ3v) is 2.81. The number of hydrogen-bond donors (Lipinski definition) is 3. The SMILES string of the molecule is CNC(Cc1c[nH]c2cccc(F)c12)C(=O)O. The highest BCUT2D eigenvalue weighted by atomic mass is 19.1. The van der Waals surface area contributed by atoms with E-state index in [-0.39, 0.29) is 12.2 Å². The molecule has 0 amide bonds. The maximum absolute atomic E-state index is 13.6. The van der Waals surface area contributed by atoms with Crippen molar-refractivity contribution in [1.29, 1.82) is 0 Å². The molecule has 4 nitrogen and oxygen atoms in total. The van der Waals surface area contributed by atoms with Gasteiger partial charge in [0.05, 0.1) is 0 Å². The van der Waals surface area contributed by atoms with Gasteiger partial charge in [-0.25, -0.2) is 4.39 Å². The van der Waals surface area contributed by atoms with Crippen molar-refractivity contribution in [2.24, 2.45) is 0 Å². The molecule has 1 aromatic carbocycles. The van der Waals surface area contributed by atoms with E-state index in [2.05, 4.69) is 10.3 Å². The van der Waals surface area contributed by atoms with E-state index in [1.165, 1.54) is 6.07 Å². The van der Waals surface area contributed by atoms with Crippen LogP contribution in [-0.2, 0) is 11.2 Å². The number of fused-ring (bicyclic) bond motifs is 1. The van der Waals surface area contributed by atoms with Crippen LogP contribution in [0.5, 0.6) is 0 Å².